The van der Waals surface area contributed by atoms with Gasteiger partial charge in [-0.2, -0.15) is 0 Å². The van der Waals surface area contributed by atoms with Gasteiger partial charge >= 0.3 is 0 Å². The number of aromatic nitrogens is 1. The molecule has 2 atom stereocenters. The summed E-state index contributed by atoms with van der Waals surface area (Å²) < 4.78 is 5.88. The van der Waals surface area contributed by atoms with E-state index in [-0.39, 0.29) is 23.1 Å². The fourth-order valence-corrected chi connectivity index (χ4v) is 3.82. The van der Waals surface area contributed by atoms with E-state index < -0.39 is 16.9 Å². The van der Waals surface area contributed by atoms with Gasteiger partial charge in [-0.3, -0.25) is 19.7 Å². The third-order valence-electron chi connectivity index (χ3n) is 5.43. The zero-order valence-electron chi connectivity index (χ0n) is 17.0. The third-order valence-corrected chi connectivity index (χ3v) is 5.43. The zero-order valence-corrected chi connectivity index (χ0v) is 17.0. The van der Waals surface area contributed by atoms with E-state index in [1.54, 1.807) is 11.8 Å². The van der Waals surface area contributed by atoms with Crippen molar-refractivity contribution >= 4 is 28.6 Å². The van der Waals surface area contributed by atoms with E-state index in [4.69, 9.17) is 4.42 Å². The smallest absolute Gasteiger partial charge is 0.270 e. The van der Waals surface area contributed by atoms with E-state index in [0.717, 1.165) is 23.9 Å². The molecule has 1 N–H and O–H groups in total. The molecule has 1 fully saturated rings. The monoisotopic (exact) mass is 422 g/mol. The van der Waals surface area contributed by atoms with Crippen LogP contribution in [-0.4, -0.2) is 45.8 Å². The maximum atomic E-state index is 12.9. The van der Waals surface area contributed by atoms with E-state index in [2.05, 4.69) is 10.3 Å². The van der Waals surface area contributed by atoms with Crippen molar-refractivity contribution in [2.24, 2.45) is 0 Å². The summed E-state index contributed by atoms with van der Waals surface area (Å²) in [5, 5.41) is 13.6. The molecule has 31 heavy (non-hydrogen) atoms. The molecule has 1 aromatic heterocycles. The van der Waals surface area contributed by atoms with Gasteiger partial charge in [0.2, 0.25) is 5.91 Å². The van der Waals surface area contributed by atoms with Crippen molar-refractivity contribution in [3.63, 3.8) is 0 Å². The highest BCUT2D eigenvalue weighted by Crippen LogP contribution is 2.29. The summed E-state index contributed by atoms with van der Waals surface area (Å²) in [5.74, 6) is -0.131. The van der Waals surface area contributed by atoms with E-state index in [9.17, 15) is 19.7 Å². The molecule has 0 unspecified atom stereocenters. The molecule has 0 radical (unpaired) electrons. The number of fused-ring (bicyclic) bond motifs is 1. The number of likely N-dealkylation sites (tertiary alicyclic amines) is 1. The molecule has 2 amide bonds. The summed E-state index contributed by atoms with van der Waals surface area (Å²) >= 11 is 0. The minimum atomic E-state index is -0.769. The molecule has 0 spiro atoms. The molecule has 0 bridgehead atoms. The minimum absolute atomic E-state index is 0.00947. The summed E-state index contributed by atoms with van der Waals surface area (Å²) in [5.41, 5.74) is 1.47. The Balaban J connectivity index is 1.41. The van der Waals surface area contributed by atoms with Crippen molar-refractivity contribution in [3.8, 4) is 0 Å². The van der Waals surface area contributed by atoms with Gasteiger partial charge in [0.1, 0.15) is 11.6 Å². The Kier molecular flexibility index (Phi) is 5.66. The van der Waals surface area contributed by atoms with Crippen LogP contribution in [0, 0.1) is 10.1 Å². The first-order valence-electron chi connectivity index (χ1n) is 10.1. The highest BCUT2D eigenvalue weighted by molar-refractivity contribution is 5.97. The number of carbonyl (C=O) groups excluding carboxylic acids is 2. The number of para-hydroxylation sites is 2. The number of oxazole rings is 1. The second-order valence-electron chi connectivity index (χ2n) is 7.65. The van der Waals surface area contributed by atoms with Gasteiger partial charge in [0.25, 0.3) is 11.6 Å². The summed E-state index contributed by atoms with van der Waals surface area (Å²) in [6, 6.07) is 12.2. The largest absolute Gasteiger partial charge is 0.440 e. The number of non-ortho nitro benzene ring substituents is 1. The number of nitro benzene ring substituents is 1. The Bertz CT molecular complexity index is 1110. The molecule has 9 heteroatoms. The number of amides is 2. The van der Waals surface area contributed by atoms with Gasteiger partial charge in [-0.25, -0.2) is 4.98 Å². The summed E-state index contributed by atoms with van der Waals surface area (Å²) in [4.78, 5) is 42.0. The predicted octanol–water partition coefficient (Wildman–Crippen LogP) is 3.26. The van der Waals surface area contributed by atoms with Gasteiger partial charge in [0, 0.05) is 30.8 Å². The fraction of sp³-hybridized carbons (Fsp3) is 0.318. The molecule has 9 nitrogen and oxygen atoms in total. The number of rotatable bonds is 5. The van der Waals surface area contributed by atoms with Crippen molar-refractivity contribution in [1.82, 2.24) is 15.2 Å². The molecule has 1 aliphatic heterocycles. The third kappa shape index (κ3) is 4.40. The molecule has 2 aromatic carbocycles. The molecule has 1 saturated heterocycles. The molecule has 0 aliphatic carbocycles. The number of nitrogens with zero attached hydrogens (tertiary/aromatic N) is 3. The first-order chi connectivity index (χ1) is 14.9. The maximum absolute atomic E-state index is 12.9. The minimum Gasteiger partial charge on any atom is -0.440 e. The van der Waals surface area contributed by atoms with E-state index in [1.165, 1.54) is 24.3 Å². The Morgan fingerprint density at radius 3 is 2.84 bits per heavy atom. The lowest BCUT2D eigenvalue weighted by Crippen LogP contribution is -2.49. The molecular formula is C22H22N4O5. The number of benzene rings is 2. The fourth-order valence-electron chi connectivity index (χ4n) is 3.82. The number of nitrogens with one attached hydrogen (secondary N) is 1. The molecule has 0 saturated carbocycles. The number of nitro groups is 1. The van der Waals surface area contributed by atoms with Crippen molar-refractivity contribution < 1.29 is 18.9 Å². The van der Waals surface area contributed by atoms with Crippen LogP contribution in [0.5, 0.6) is 0 Å². The highest BCUT2D eigenvalue weighted by atomic mass is 16.6. The number of piperidine rings is 1. The summed E-state index contributed by atoms with van der Waals surface area (Å²) in [6.07, 6.45) is 1.67. The molecule has 3 aromatic rings. The zero-order chi connectivity index (χ0) is 22.0. The number of carbonyl (C=O) groups is 2. The average molecular weight is 422 g/mol. The lowest BCUT2D eigenvalue weighted by atomic mass is 9.97. The van der Waals surface area contributed by atoms with E-state index >= 15 is 0 Å². The molecule has 2 heterocycles. The van der Waals surface area contributed by atoms with Gasteiger partial charge in [-0.1, -0.05) is 18.2 Å². The normalized spacial score (nSPS) is 17.3. The average Bonchev–Trinajstić information content (AvgIpc) is 3.23. The van der Waals surface area contributed by atoms with Gasteiger partial charge in [-0.15, -0.1) is 0 Å². The molecular weight excluding hydrogens is 400 g/mol. The van der Waals surface area contributed by atoms with Crippen LogP contribution in [0.3, 0.4) is 0 Å². The Morgan fingerprint density at radius 1 is 1.26 bits per heavy atom. The molecule has 1 aliphatic rings. The van der Waals surface area contributed by atoms with E-state index in [0.29, 0.717) is 19.0 Å². The molecule has 4 rings (SSSR count). The summed E-state index contributed by atoms with van der Waals surface area (Å²) in [7, 11) is 0. The maximum Gasteiger partial charge on any atom is 0.270 e. The van der Waals surface area contributed by atoms with Crippen LogP contribution >= 0.6 is 0 Å². The van der Waals surface area contributed by atoms with Crippen LogP contribution in [-0.2, 0) is 4.79 Å². The quantitative estimate of drug-likeness (QED) is 0.498. The summed E-state index contributed by atoms with van der Waals surface area (Å²) in [6.45, 7) is 2.66. The Hall–Kier alpha value is -3.75. The lowest BCUT2D eigenvalue weighted by molar-refractivity contribution is -0.384. The van der Waals surface area contributed by atoms with Crippen molar-refractivity contribution in [3.05, 3.63) is 70.1 Å². The first kappa shape index (κ1) is 20.5. The van der Waals surface area contributed by atoms with Gasteiger partial charge in [0.05, 0.1) is 10.8 Å². The van der Waals surface area contributed by atoms with Crippen LogP contribution in [0.2, 0.25) is 0 Å². The Labute approximate surface area is 178 Å². The van der Waals surface area contributed by atoms with Crippen LogP contribution < -0.4 is 5.32 Å². The second kappa shape index (κ2) is 8.55. The van der Waals surface area contributed by atoms with Gasteiger partial charge in [-0.05, 0) is 38.0 Å². The van der Waals surface area contributed by atoms with Crippen LogP contribution in [0.1, 0.15) is 41.9 Å². The number of hydrogen-bond donors (Lipinski definition) is 1. The predicted molar refractivity (Wildman–Crippen MR) is 113 cm³/mol. The standard InChI is InChI=1S/C22H22N4O5/c1-14(23-20(27)15-6-4-8-17(12-15)26(29)30)22(28)25-11-5-7-16(13-25)21-24-18-9-2-3-10-19(18)31-21/h2-4,6,8-10,12,14,16H,5,7,11,13H2,1H3,(H,23,27)/t14-,16+/m0/s1. The van der Waals surface area contributed by atoms with Crippen molar-refractivity contribution in [2.75, 3.05) is 13.1 Å². The first-order valence-corrected chi connectivity index (χ1v) is 10.1. The number of hydrogen-bond acceptors (Lipinski definition) is 6. The lowest BCUT2D eigenvalue weighted by Gasteiger charge is -2.33. The molecule has 160 valence electrons. The highest BCUT2D eigenvalue weighted by Gasteiger charge is 2.31. The van der Waals surface area contributed by atoms with Gasteiger partial charge in [0.15, 0.2) is 11.5 Å². The second-order valence-corrected chi connectivity index (χ2v) is 7.65. The van der Waals surface area contributed by atoms with Crippen LogP contribution in [0.25, 0.3) is 11.1 Å². The topological polar surface area (TPSA) is 119 Å². The van der Waals surface area contributed by atoms with Crippen molar-refractivity contribution in [1.29, 1.82) is 0 Å². The SMILES string of the molecule is C[C@H](NC(=O)c1cccc([N+](=O)[O-])c1)C(=O)N1CCC[C@@H](c2nc3ccccc3o2)C1. The van der Waals surface area contributed by atoms with Crippen LogP contribution in [0.15, 0.2) is 52.9 Å². The van der Waals surface area contributed by atoms with Crippen LogP contribution in [0.4, 0.5) is 5.69 Å². The Morgan fingerprint density at radius 2 is 2.06 bits per heavy atom. The van der Waals surface area contributed by atoms with E-state index in [1.807, 2.05) is 24.3 Å². The van der Waals surface area contributed by atoms with Gasteiger partial charge < -0.3 is 14.6 Å². The van der Waals surface area contributed by atoms with Crippen molar-refractivity contribution in [2.45, 2.75) is 31.7 Å².